The van der Waals surface area contributed by atoms with Crippen LogP contribution in [0.25, 0.3) is 22.2 Å². The Morgan fingerprint density at radius 3 is 2.58 bits per heavy atom. The van der Waals surface area contributed by atoms with Gasteiger partial charge in [-0.1, -0.05) is 36.4 Å². The first-order valence-electron chi connectivity index (χ1n) is 12.4. The number of amides is 2. The summed E-state index contributed by atoms with van der Waals surface area (Å²) in [6.07, 6.45) is 1.55. The summed E-state index contributed by atoms with van der Waals surface area (Å²) in [6, 6.07) is 16.2. The second-order valence-corrected chi connectivity index (χ2v) is 9.73. The van der Waals surface area contributed by atoms with Gasteiger partial charge in [-0.25, -0.2) is 9.78 Å². The lowest BCUT2D eigenvalue weighted by molar-refractivity contribution is -0.145. The molecule has 9 heteroatoms. The number of fused-ring (bicyclic) bond motifs is 1. The minimum absolute atomic E-state index is 0.193. The minimum Gasteiger partial charge on any atom is -0.497 e. The van der Waals surface area contributed by atoms with E-state index in [0.29, 0.717) is 22.7 Å². The van der Waals surface area contributed by atoms with Gasteiger partial charge < -0.3 is 24.8 Å². The molecule has 1 saturated carbocycles. The lowest BCUT2D eigenvalue weighted by atomic mass is 10.1. The zero-order valence-corrected chi connectivity index (χ0v) is 21.2. The molecule has 196 valence electrons. The summed E-state index contributed by atoms with van der Waals surface area (Å²) in [6.45, 7) is 5.24. The van der Waals surface area contributed by atoms with Gasteiger partial charge in [-0.2, -0.15) is 0 Å². The fourth-order valence-corrected chi connectivity index (χ4v) is 5.14. The quantitative estimate of drug-likeness (QED) is 0.442. The van der Waals surface area contributed by atoms with Gasteiger partial charge >= 0.3 is 5.97 Å². The number of likely N-dealkylation sites (tertiary alicyclic amines) is 1. The second kappa shape index (κ2) is 9.81. The van der Waals surface area contributed by atoms with Crippen LogP contribution in [0.2, 0.25) is 0 Å². The number of pyridine rings is 1. The number of carboxylic acid groups (broad SMARTS) is 1. The van der Waals surface area contributed by atoms with E-state index in [-0.39, 0.29) is 31.2 Å². The lowest BCUT2D eigenvalue weighted by Crippen LogP contribution is -2.52. The third kappa shape index (κ3) is 4.55. The van der Waals surface area contributed by atoms with Crippen LogP contribution in [-0.2, 0) is 14.4 Å². The molecule has 5 rings (SSSR count). The van der Waals surface area contributed by atoms with Gasteiger partial charge in [0.25, 0.3) is 0 Å². The highest BCUT2D eigenvalue weighted by atomic mass is 16.5. The summed E-state index contributed by atoms with van der Waals surface area (Å²) in [5.41, 5.74) is 0.940. The highest BCUT2D eigenvalue weighted by Crippen LogP contribution is 2.45. The number of carboxylic acids is 1. The number of ether oxygens (including phenoxy) is 2. The molecule has 2 aromatic carbocycles. The average Bonchev–Trinajstić information content (AvgIpc) is 3.47. The van der Waals surface area contributed by atoms with Gasteiger partial charge in [-0.3, -0.25) is 9.59 Å². The standard InChI is InChI=1S/C29H29N3O6/c1-4-19-15-29(19,28(35)36)31-27(34)25-13-21(16-32(25)17(2)33)38-26-14-23(18-8-6-5-7-9-18)30-24-12-20(37-3)10-11-22(24)26/h4-12,14,19,21,25H,1,13,15-16H2,2-3H3,(H,31,34)(H,35,36)/t19-,21-,25+,29-/m1/s1. The highest BCUT2D eigenvalue weighted by molar-refractivity contribution is 5.94. The monoisotopic (exact) mass is 515 g/mol. The van der Waals surface area contributed by atoms with Gasteiger partial charge in [0.15, 0.2) is 0 Å². The van der Waals surface area contributed by atoms with Crippen LogP contribution >= 0.6 is 0 Å². The molecule has 1 aliphatic carbocycles. The third-order valence-electron chi connectivity index (χ3n) is 7.34. The largest absolute Gasteiger partial charge is 0.497 e. The van der Waals surface area contributed by atoms with Crippen molar-refractivity contribution in [3.05, 3.63) is 67.3 Å². The van der Waals surface area contributed by atoms with Crippen molar-refractivity contribution in [2.45, 2.75) is 37.5 Å². The van der Waals surface area contributed by atoms with Crippen LogP contribution in [0.3, 0.4) is 0 Å². The van der Waals surface area contributed by atoms with E-state index >= 15 is 0 Å². The number of nitrogens with one attached hydrogen (secondary N) is 1. The summed E-state index contributed by atoms with van der Waals surface area (Å²) >= 11 is 0. The number of methoxy groups -OCH3 is 1. The van der Waals surface area contributed by atoms with Gasteiger partial charge in [-0.15, -0.1) is 6.58 Å². The molecule has 2 amide bonds. The molecular formula is C29H29N3O6. The van der Waals surface area contributed by atoms with E-state index in [0.717, 1.165) is 10.9 Å². The molecule has 2 heterocycles. The van der Waals surface area contributed by atoms with Crippen molar-refractivity contribution in [3.8, 4) is 22.8 Å². The number of aliphatic carboxylic acids is 1. The first kappa shape index (κ1) is 25.3. The van der Waals surface area contributed by atoms with Gasteiger partial charge in [0.2, 0.25) is 11.8 Å². The van der Waals surface area contributed by atoms with E-state index in [4.69, 9.17) is 14.5 Å². The molecule has 2 N–H and O–H groups in total. The van der Waals surface area contributed by atoms with Crippen molar-refractivity contribution in [2.24, 2.45) is 5.92 Å². The van der Waals surface area contributed by atoms with Crippen LogP contribution in [0.15, 0.2) is 67.3 Å². The van der Waals surface area contributed by atoms with Crippen LogP contribution in [0.1, 0.15) is 19.8 Å². The summed E-state index contributed by atoms with van der Waals surface area (Å²) in [5.74, 6) is -1.02. The Morgan fingerprint density at radius 1 is 1.18 bits per heavy atom. The molecule has 4 atom stereocenters. The maximum Gasteiger partial charge on any atom is 0.330 e. The van der Waals surface area contributed by atoms with Crippen LogP contribution in [0, 0.1) is 5.92 Å². The predicted molar refractivity (Wildman–Crippen MR) is 141 cm³/mol. The fraction of sp³-hybridized carbons (Fsp3) is 0.310. The van der Waals surface area contributed by atoms with E-state index in [2.05, 4.69) is 11.9 Å². The topological polar surface area (TPSA) is 118 Å². The molecule has 0 bridgehead atoms. The first-order valence-corrected chi connectivity index (χ1v) is 12.4. The van der Waals surface area contributed by atoms with Crippen molar-refractivity contribution in [1.29, 1.82) is 0 Å². The Labute approximate surface area is 220 Å². The maximum absolute atomic E-state index is 13.2. The van der Waals surface area contributed by atoms with Crippen LogP contribution in [-0.4, -0.2) is 64.1 Å². The van der Waals surface area contributed by atoms with E-state index in [1.54, 1.807) is 7.11 Å². The van der Waals surface area contributed by atoms with Crippen molar-refractivity contribution in [2.75, 3.05) is 13.7 Å². The van der Waals surface area contributed by atoms with E-state index in [9.17, 15) is 19.5 Å². The Hall–Kier alpha value is -4.40. The number of hydrogen-bond acceptors (Lipinski definition) is 6. The zero-order valence-electron chi connectivity index (χ0n) is 21.2. The third-order valence-corrected chi connectivity index (χ3v) is 7.34. The predicted octanol–water partition coefficient (Wildman–Crippen LogP) is 3.42. The average molecular weight is 516 g/mol. The molecule has 2 fully saturated rings. The molecule has 1 aliphatic heterocycles. The Balaban J connectivity index is 1.44. The molecule has 9 nitrogen and oxygen atoms in total. The van der Waals surface area contributed by atoms with Gasteiger partial charge in [-0.05, 0) is 18.6 Å². The Kier molecular flexibility index (Phi) is 6.52. The van der Waals surface area contributed by atoms with Gasteiger partial charge in [0.1, 0.15) is 29.2 Å². The lowest BCUT2D eigenvalue weighted by Gasteiger charge is -2.24. The van der Waals surface area contributed by atoms with Crippen molar-refractivity contribution < 1.29 is 29.0 Å². The SMILES string of the molecule is C=C[C@@H]1C[C@]1(NC(=O)[C@@H]1C[C@@H](Oc2cc(-c3ccccc3)nc3cc(OC)ccc23)CN1C(C)=O)C(=O)O. The number of aromatic nitrogens is 1. The summed E-state index contributed by atoms with van der Waals surface area (Å²) in [7, 11) is 1.59. The molecule has 1 saturated heterocycles. The number of benzene rings is 2. The van der Waals surface area contributed by atoms with E-state index in [1.165, 1.54) is 17.9 Å². The molecule has 1 aromatic heterocycles. The van der Waals surface area contributed by atoms with E-state index < -0.39 is 29.6 Å². The Bertz CT molecular complexity index is 1420. The van der Waals surface area contributed by atoms with Crippen molar-refractivity contribution in [3.63, 3.8) is 0 Å². The second-order valence-electron chi connectivity index (χ2n) is 9.73. The minimum atomic E-state index is -1.37. The Morgan fingerprint density at radius 2 is 1.95 bits per heavy atom. The number of carbonyl (C=O) groups is 3. The molecular weight excluding hydrogens is 486 g/mol. The number of carbonyl (C=O) groups excluding carboxylic acids is 2. The van der Waals surface area contributed by atoms with Gasteiger partial charge in [0.05, 0.1) is 24.9 Å². The van der Waals surface area contributed by atoms with Gasteiger partial charge in [0, 0.05) is 42.3 Å². The smallest absolute Gasteiger partial charge is 0.330 e. The number of hydrogen-bond donors (Lipinski definition) is 2. The summed E-state index contributed by atoms with van der Waals surface area (Å²) in [4.78, 5) is 43.8. The first-order chi connectivity index (χ1) is 18.3. The van der Waals surface area contributed by atoms with Crippen molar-refractivity contribution in [1.82, 2.24) is 15.2 Å². The van der Waals surface area contributed by atoms with Crippen molar-refractivity contribution >= 4 is 28.7 Å². The van der Waals surface area contributed by atoms with Crippen LogP contribution < -0.4 is 14.8 Å². The normalized spacial score (nSPS) is 24.1. The summed E-state index contributed by atoms with van der Waals surface area (Å²) in [5, 5.41) is 13.1. The highest BCUT2D eigenvalue weighted by Gasteiger charge is 2.61. The van der Waals surface area contributed by atoms with E-state index in [1.807, 2.05) is 54.6 Å². The molecule has 0 spiro atoms. The van der Waals surface area contributed by atoms with Crippen LogP contribution in [0.5, 0.6) is 11.5 Å². The maximum atomic E-state index is 13.2. The number of rotatable bonds is 8. The molecule has 2 aliphatic rings. The molecule has 3 aromatic rings. The molecule has 38 heavy (non-hydrogen) atoms. The molecule has 0 unspecified atom stereocenters. The van der Waals surface area contributed by atoms with Crippen LogP contribution in [0.4, 0.5) is 0 Å². The summed E-state index contributed by atoms with van der Waals surface area (Å²) < 4.78 is 11.8. The fourth-order valence-electron chi connectivity index (χ4n) is 5.14. The molecule has 0 radical (unpaired) electrons. The number of nitrogens with zero attached hydrogens (tertiary/aromatic N) is 2. The zero-order chi connectivity index (χ0) is 27.0.